The number of carbonyl (C=O) groups is 1. The van der Waals surface area contributed by atoms with Gasteiger partial charge in [0.15, 0.2) is 0 Å². The average molecular weight is 458 g/mol. The van der Waals surface area contributed by atoms with Crippen LogP contribution in [0.4, 0.5) is 5.69 Å². The molecule has 0 saturated carbocycles. The van der Waals surface area contributed by atoms with Crippen LogP contribution in [-0.2, 0) is 10.0 Å². The van der Waals surface area contributed by atoms with Gasteiger partial charge in [0.1, 0.15) is 0 Å². The number of hydrogen-bond acceptors (Lipinski definition) is 4. The Labute approximate surface area is 192 Å². The molecule has 1 fully saturated rings. The quantitative estimate of drug-likeness (QED) is 0.648. The van der Waals surface area contributed by atoms with Gasteiger partial charge in [0.2, 0.25) is 10.0 Å². The molecule has 0 unspecified atom stereocenters. The predicted molar refractivity (Wildman–Crippen MR) is 130 cm³/mol. The van der Waals surface area contributed by atoms with Crippen LogP contribution < -0.4 is 10.0 Å². The van der Waals surface area contributed by atoms with E-state index in [4.69, 9.17) is 0 Å². The van der Waals surface area contributed by atoms with E-state index in [1.807, 2.05) is 32.0 Å². The lowest BCUT2D eigenvalue weighted by Gasteiger charge is -2.37. The molecule has 1 atom stereocenters. The first kappa shape index (κ1) is 24.4. The third kappa shape index (κ3) is 5.77. The summed E-state index contributed by atoms with van der Waals surface area (Å²) in [6.07, 6.45) is 1.98. The molecule has 0 radical (unpaired) electrons. The number of sulfonamides is 1. The minimum Gasteiger partial charge on any atom is -0.322 e. The van der Waals surface area contributed by atoms with E-state index in [0.717, 1.165) is 31.5 Å². The largest absolute Gasteiger partial charge is 0.322 e. The number of likely N-dealkylation sites (tertiary alicyclic amines) is 1. The molecule has 1 aliphatic rings. The minimum absolute atomic E-state index is 0.130. The van der Waals surface area contributed by atoms with E-state index in [-0.39, 0.29) is 16.8 Å². The number of amides is 1. The van der Waals surface area contributed by atoms with Gasteiger partial charge >= 0.3 is 0 Å². The summed E-state index contributed by atoms with van der Waals surface area (Å²) in [5.74, 6) is 0.120. The molecule has 32 heavy (non-hydrogen) atoms. The Morgan fingerprint density at radius 1 is 1.00 bits per heavy atom. The lowest BCUT2D eigenvalue weighted by Crippen LogP contribution is -2.45. The fourth-order valence-corrected chi connectivity index (χ4v) is 5.70. The first-order valence-corrected chi connectivity index (χ1v) is 12.8. The topological polar surface area (TPSA) is 78.5 Å². The molecule has 2 aromatic carbocycles. The van der Waals surface area contributed by atoms with Crippen LogP contribution in [0.1, 0.15) is 55.1 Å². The zero-order chi connectivity index (χ0) is 23.5. The Bertz CT molecular complexity index is 1060. The van der Waals surface area contributed by atoms with E-state index in [0.29, 0.717) is 28.8 Å². The number of rotatable bonds is 7. The van der Waals surface area contributed by atoms with Crippen LogP contribution in [0.25, 0.3) is 0 Å². The van der Waals surface area contributed by atoms with Crippen molar-refractivity contribution in [3.05, 3.63) is 59.2 Å². The summed E-state index contributed by atoms with van der Waals surface area (Å²) in [5.41, 5.74) is 2.79. The lowest BCUT2D eigenvalue weighted by atomic mass is 9.90. The average Bonchev–Trinajstić information content (AvgIpc) is 2.75. The molecule has 2 aromatic rings. The van der Waals surface area contributed by atoms with Gasteiger partial charge in [-0.3, -0.25) is 4.79 Å². The first-order valence-electron chi connectivity index (χ1n) is 11.3. The number of anilines is 1. The molecule has 0 spiro atoms. The van der Waals surface area contributed by atoms with Crippen LogP contribution in [0.2, 0.25) is 0 Å². The molecule has 1 aliphatic heterocycles. The summed E-state index contributed by atoms with van der Waals surface area (Å²) in [4.78, 5) is 15.3. The number of benzene rings is 2. The van der Waals surface area contributed by atoms with Crippen molar-refractivity contribution in [2.24, 2.45) is 5.92 Å². The highest BCUT2D eigenvalue weighted by molar-refractivity contribution is 7.89. The highest BCUT2D eigenvalue weighted by Gasteiger charge is 2.28. The van der Waals surface area contributed by atoms with Crippen molar-refractivity contribution in [2.75, 3.05) is 18.4 Å². The van der Waals surface area contributed by atoms with Gasteiger partial charge in [-0.2, -0.15) is 0 Å². The van der Waals surface area contributed by atoms with E-state index in [2.05, 4.69) is 28.8 Å². The van der Waals surface area contributed by atoms with Crippen LogP contribution in [-0.4, -0.2) is 44.4 Å². The number of aryl methyl sites for hydroxylation is 2. The molecule has 6 nitrogen and oxygen atoms in total. The van der Waals surface area contributed by atoms with Crippen LogP contribution in [0.5, 0.6) is 0 Å². The van der Waals surface area contributed by atoms with E-state index >= 15 is 0 Å². The fourth-order valence-electron chi connectivity index (χ4n) is 4.31. The van der Waals surface area contributed by atoms with Gasteiger partial charge in [-0.05, 0) is 102 Å². The molecule has 1 amide bonds. The lowest BCUT2D eigenvalue weighted by molar-refractivity contribution is 0.102. The van der Waals surface area contributed by atoms with Gasteiger partial charge in [-0.25, -0.2) is 13.1 Å². The van der Waals surface area contributed by atoms with E-state index in [1.54, 1.807) is 31.2 Å². The summed E-state index contributed by atoms with van der Waals surface area (Å²) in [5, 5.41) is 2.89. The van der Waals surface area contributed by atoms with Crippen LogP contribution in [0, 0.1) is 19.8 Å². The fraction of sp³-hybridized carbons (Fsp3) is 0.480. The second-order valence-corrected chi connectivity index (χ2v) is 10.8. The van der Waals surface area contributed by atoms with Crippen molar-refractivity contribution < 1.29 is 13.2 Å². The molecular weight excluding hydrogens is 422 g/mol. The maximum atomic E-state index is 13.0. The molecule has 174 valence electrons. The standard InChI is InChI=1S/C25H35N3O3S/c1-17(2)28-14-12-21(13-15-28)20(5)27-32(30,31)22-10-11-24(19(4)16-22)26-25(29)23-9-7-6-8-18(23)3/h6-11,16-17,20-21,27H,12-15H2,1-5H3,(H,26,29)/t20-/m1/s1. The monoisotopic (exact) mass is 457 g/mol. The Morgan fingerprint density at radius 2 is 1.66 bits per heavy atom. The maximum absolute atomic E-state index is 13.0. The zero-order valence-corrected chi connectivity index (χ0v) is 20.5. The molecule has 1 saturated heterocycles. The zero-order valence-electron chi connectivity index (χ0n) is 19.7. The van der Waals surface area contributed by atoms with Crippen molar-refractivity contribution in [3.8, 4) is 0 Å². The van der Waals surface area contributed by atoms with Crippen molar-refractivity contribution in [3.63, 3.8) is 0 Å². The molecule has 1 heterocycles. The van der Waals surface area contributed by atoms with Gasteiger partial charge < -0.3 is 10.2 Å². The molecular formula is C25H35N3O3S. The highest BCUT2D eigenvalue weighted by atomic mass is 32.2. The van der Waals surface area contributed by atoms with Gasteiger partial charge in [-0.15, -0.1) is 0 Å². The number of hydrogen-bond donors (Lipinski definition) is 2. The number of piperidine rings is 1. The van der Waals surface area contributed by atoms with Crippen LogP contribution in [0.15, 0.2) is 47.4 Å². The van der Waals surface area contributed by atoms with Crippen molar-refractivity contribution in [1.82, 2.24) is 9.62 Å². The second-order valence-electron chi connectivity index (χ2n) is 9.12. The van der Waals surface area contributed by atoms with Crippen LogP contribution in [0.3, 0.4) is 0 Å². The molecule has 7 heteroatoms. The number of nitrogens with zero attached hydrogens (tertiary/aromatic N) is 1. The molecule has 3 rings (SSSR count). The van der Waals surface area contributed by atoms with E-state index in [1.165, 1.54) is 0 Å². The van der Waals surface area contributed by atoms with Gasteiger partial charge in [0.05, 0.1) is 4.90 Å². The smallest absolute Gasteiger partial charge is 0.255 e. The first-order chi connectivity index (χ1) is 15.1. The van der Waals surface area contributed by atoms with Crippen LogP contribution >= 0.6 is 0 Å². The van der Waals surface area contributed by atoms with Crippen molar-refractivity contribution in [1.29, 1.82) is 0 Å². The van der Waals surface area contributed by atoms with Gasteiger partial charge in [0.25, 0.3) is 5.91 Å². The highest BCUT2D eigenvalue weighted by Crippen LogP contribution is 2.25. The maximum Gasteiger partial charge on any atom is 0.255 e. The third-order valence-corrected chi connectivity index (χ3v) is 8.06. The minimum atomic E-state index is -3.64. The summed E-state index contributed by atoms with van der Waals surface area (Å²) >= 11 is 0. The van der Waals surface area contributed by atoms with E-state index < -0.39 is 10.0 Å². The summed E-state index contributed by atoms with van der Waals surface area (Å²) in [6.45, 7) is 12.0. The molecule has 0 aliphatic carbocycles. The Morgan fingerprint density at radius 3 is 2.25 bits per heavy atom. The second kappa shape index (κ2) is 10.1. The van der Waals surface area contributed by atoms with Gasteiger partial charge in [0, 0.05) is 23.3 Å². The summed E-state index contributed by atoms with van der Waals surface area (Å²) in [6, 6.07) is 12.6. The summed E-state index contributed by atoms with van der Waals surface area (Å²) in [7, 11) is -3.64. The predicted octanol–water partition coefficient (Wildman–Crippen LogP) is 4.34. The molecule has 0 bridgehead atoms. The van der Waals surface area contributed by atoms with E-state index in [9.17, 15) is 13.2 Å². The molecule has 0 aromatic heterocycles. The Hall–Kier alpha value is -2.22. The Balaban J connectivity index is 1.66. The Kier molecular flexibility index (Phi) is 7.75. The summed E-state index contributed by atoms with van der Waals surface area (Å²) < 4.78 is 28.9. The van der Waals surface area contributed by atoms with Gasteiger partial charge in [-0.1, -0.05) is 18.2 Å². The third-order valence-electron chi connectivity index (χ3n) is 6.50. The number of nitrogens with one attached hydrogen (secondary N) is 2. The number of carbonyl (C=O) groups excluding carboxylic acids is 1. The normalized spacial score (nSPS) is 16.8. The SMILES string of the molecule is Cc1cc(S(=O)(=O)N[C@H](C)C2CCN(C(C)C)CC2)ccc1NC(=O)c1ccccc1C. The van der Waals surface area contributed by atoms with Crippen molar-refractivity contribution >= 4 is 21.6 Å². The van der Waals surface area contributed by atoms with Crippen molar-refractivity contribution in [2.45, 2.75) is 64.4 Å². The molecule has 2 N–H and O–H groups in total.